The van der Waals surface area contributed by atoms with E-state index >= 15 is 0 Å². The van der Waals surface area contributed by atoms with Crippen molar-refractivity contribution in [2.24, 2.45) is 0 Å². The number of hydrogen-bond donors (Lipinski definition) is 3. The van der Waals surface area contributed by atoms with Gasteiger partial charge in [0.15, 0.2) is 17.5 Å². The number of H-pyrrole nitrogens is 1. The summed E-state index contributed by atoms with van der Waals surface area (Å²) in [4.78, 5) is 19.8. The second kappa shape index (κ2) is 8.94. The molecule has 0 radical (unpaired) electrons. The molecule has 0 aliphatic heterocycles. The van der Waals surface area contributed by atoms with Gasteiger partial charge >= 0.3 is 6.03 Å². The Morgan fingerprint density at radius 3 is 2.31 bits per heavy atom. The van der Waals surface area contributed by atoms with E-state index in [2.05, 4.69) is 20.6 Å². The van der Waals surface area contributed by atoms with Gasteiger partial charge in [0, 0.05) is 11.3 Å². The monoisotopic (exact) mass is 476 g/mol. The lowest BCUT2D eigenvalue weighted by atomic mass is 10.0. The van der Waals surface area contributed by atoms with Crippen molar-refractivity contribution < 1.29 is 22.4 Å². The summed E-state index contributed by atoms with van der Waals surface area (Å²) in [5.41, 5.74) is 3.73. The number of carbonyl (C=O) groups excluding carboxylic acids is 1. The van der Waals surface area contributed by atoms with E-state index in [4.69, 9.17) is 0 Å². The topological polar surface area (TPSA) is 69.8 Å². The van der Waals surface area contributed by atoms with Gasteiger partial charge in [0.25, 0.3) is 0 Å². The third kappa shape index (κ3) is 4.56. The highest BCUT2D eigenvalue weighted by Crippen LogP contribution is 2.28. The van der Waals surface area contributed by atoms with E-state index in [1.807, 2.05) is 24.3 Å². The van der Waals surface area contributed by atoms with Crippen molar-refractivity contribution in [3.63, 3.8) is 0 Å². The van der Waals surface area contributed by atoms with E-state index in [0.29, 0.717) is 22.5 Å². The standard InChI is InChI=1S/C26H16F4N4O/c27-17-6-10-20-22(13-17)33-25(32-20)16-3-1-2-15(12-16)14-4-7-18(8-5-14)31-26(35)34-21-11-9-19(28)23(29)24(21)30/h1-13H,(H,32,33)(H2,31,34,35). The zero-order valence-corrected chi connectivity index (χ0v) is 17.9. The fourth-order valence-corrected chi connectivity index (χ4v) is 3.62. The minimum atomic E-state index is -1.66. The summed E-state index contributed by atoms with van der Waals surface area (Å²) in [7, 11) is 0. The number of halogens is 4. The first-order valence-electron chi connectivity index (χ1n) is 10.4. The first-order chi connectivity index (χ1) is 16.9. The number of urea groups is 1. The number of amides is 2. The molecule has 9 heteroatoms. The van der Waals surface area contributed by atoms with Crippen LogP contribution in [-0.4, -0.2) is 16.0 Å². The Kier molecular flexibility index (Phi) is 5.66. The van der Waals surface area contributed by atoms with Gasteiger partial charge < -0.3 is 15.6 Å². The highest BCUT2D eigenvalue weighted by Gasteiger charge is 2.15. The number of rotatable bonds is 4. The minimum absolute atomic E-state index is 0.348. The lowest BCUT2D eigenvalue weighted by Gasteiger charge is -2.10. The van der Waals surface area contributed by atoms with Gasteiger partial charge in [-0.25, -0.2) is 27.3 Å². The Labute approximate surface area is 196 Å². The van der Waals surface area contributed by atoms with Crippen molar-refractivity contribution in [3.8, 4) is 22.5 Å². The fourth-order valence-electron chi connectivity index (χ4n) is 3.62. The number of fused-ring (bicyclic) bond motifs is 1. The molecule has 2 amide bonds. The molecule has 0 saturated heterocycles. The summed E-state index contributed by atoms with van der Waals surface area (Å²) in [5.74, 6) is -4.23. The van der Waals surface area contributed by atoms with Crippen LogP contribution in [0.1, 0.15) is 0 Å². The van der Waals surface area contributed by atoms with E-state index in [-0.39, 0.29) is 5.82 Å². The number of aromatic nitrogens is 2. The normalized spacial score (nSPS) is 11.0. The second-order valence-corrected chi connectivity index (χ2v) is 7.71. The van der Waals surface area contributed by atoms with E-state index in [1.165, 1.54) is 12.1 Å². The molecule has 5 aromatic rings. The Balaban J connectivity index is 1.31. The maximum atomic E-state index is 13.8. The second-order valence-electron chi connectivity index (χ2n) is 7.71. The first kappa shape index (κ1) is 22.1. The molecule has 5 rings (SSSR count). The van der Waals surface area contributed by atoms with Gasteiger partial charge in [-0.15, -0.1) is 0 Å². The summed E-state index contributed by atoms with van der Waals surface area (Å²) in [6.45, 7) is 0. The summed E-state index contributed by atoms with van der Waals surface area (Å²) < 4.78 is 53.6. The average molecular weight is 476 g/mol. The predicted octanol–water partition coefficient (Wildman–Crippen LogP) is 7.10. The van der Waals surface area contributed by atoms with Crippen LogP contribution in [0, 0.1) is 23.3 Å². The van der Waals surface area contributed by atoms with E-state index in [1.54, 1.807) is 30.3 Å². The van der Waals surface area contributed by atoms with Crippen LogP contribution in [-0.2, 0) is 0 Å². The molecule has 35 heavy (non-hydrogen) atoms. The molecule has 3 N–H and O–H groups in total. The lowest BCUT2D eigenvalue weighted by Crippen LogP contribution is -2.20. The first-order valence-corrected chi connectivity index (χ1v) is 10.4. The van der Waals surface area contributed by atoms with E-state index < -0.39 is 29.2 Å². The van der Waals surface area contributed by atoms with Gasteiger partial charge in [0.05, 0.1) is 16.7 Å². The smallest absolute Gasteiger partial charge is 0.323 e. The summed E-state index contributed by atoms with van der Waals surface area (Å²) in [6.07, 6.45) is 0. The molecule has 5 nitrogen and oxygen atoms in total. The molecule has 1 heterocycles. The largest absolute Gasteiger partial charge is 0.338 e. The summed E-state index contributed by atoms with van der Waals surface area (Å²) in [6, 6.07) is 19.6. The Morgan fingerprint density at radius 2 is 1.51 bits per heavy atom. The Bertz CT molecular complexity index is 1560. The SMILES string of the molecule is O=C(Nc1ccc(-c2cccc(-c3nc4ccc(F)cc4[nH]3)c2)cc1)Nc1ccc(F)c(F)c1F. The van der Waals surface area contributed by atoms with Crippen molar-refractivity contribution in [1.82, 2.24) is 9.97 Å². The zero-order chi connectivity index (χ0) is 24.5. The van der Waals surface area contributed by atoms with Crippen LogP contribution >= 0.6 is 0 Å². The van der Waals surface area contributed by atoms with Crippen LogP contribution in [0.4, 0.5) is 33.7 Å². The number of aromatic amines is 1. The molecule has 4 aromatic carbocycles. The molecule has 0 aliphatic carbocycles. The molecule has 0 spiro atoms. The third-order valence-electron chi connectivity index (χ3n) is 5.34. The lowest BCUT2D eigenvalue weighted by molar-refractivity contribution is 0.262. The number of nitrogens with zero attached hydrogens (tertiary/aromatic N) is 1. The van der Waals surface area contributed by atoms with Gasteiger partial charge in [-0.05, 0) is 59.7 Å². The maximum absolute atomic E-state index is 13.8. The number of nitrogens with one attached hydrogen (secondary N) is 3. The van der Waals surface area contributed by atoms with Crippen LogP contribution in [0.3, 0.4) is 0 Å². The molecule has 1 aromatic heterocycles. The van der Waals surface area contributed by atoms with Gasteiger partial charge in [0.1, 0.15) is 11.6 Å². The average Bonchev–Trinajstić information content (AvgIpc) is 3.28. The zero-order valence-electron chi connectivity index (χ0n) is 17.9. The quantitative estimate of drug-likeness (QED) is 0.191. The number of anilines is 2. The number of carbonyl (C=O) groups is 1. The van der Waals surface area contributed by atoms with Crippen LogP contribution in [0.25, 0.3) is 33.5 Å². The predicted molar refractivity (Wildman–Crippen MR) is 126 cm³/mol. The van der Waals surface area contributed by atoms with Crippen LogP contribution in [0.15, 0.2) is 78.9 Å². The Hall–Kier alpha value is -4.66. The number of benzene rings is 4. The summed E-state index contributed by atoms with van der Waals surface area (Å²) in [5, 5.41) is 4.66. The highest BCUT2D eigenvalue weighted by atomic mass is 19.2. The molecular weight excluding hydrogens is 460 g/mol. The van der Waals surface area contributed by atoms with Crippen LogP contribution < -0.4 is 10.6 Å². The van der Waals surface area contributed by atoms with Gasteiger partial charge in [-0.1, -0.05) is 30.3 Å². The van der Waals surface area contributed by atoms with Gasteiger partial charge in [-0.2, -0.15) is 0 Å². The molecule has 0 atom stereocenters. The molecule has 0 bridgehead atoms. The maximum Gasteiger partial charge on any atom is 0.323 e. The highest BCUT2D eigenvalue weighted by molar-refractivity contribution is 6.00. The van der Waals surface area contributed by atoms with Gasteiger partial charge in [0.2, 0.25) is 0 Å². The van der Waals surface area contributed by atoms with Crippen molar-refractivity contribution in [3.05, 3.63) is 102 Å². The summed E-state index contributed by atoms with van der Waals surface area (Å²) >= 11 is 0. The van der Waals surface area contributed by atoms with E-state index in [0.717, 1.165) is 28.8 Å². The van der Waals surface area contributed by atoms with Gasteiger partial charge in [-0.3, -0.25) is 0 Å². The number of hydrogen-bond acceptors (Lipinski definition) is 2. The van der Waals surface area contributed by atoms with Crippen molar-refractivity contribution in [2.75, 3.05) is 10.6 Å². The molecule has 0 saturated carbocycles. The molecule has 0 aliphatic rings. The fraction of sp³-hybridized carbons (Fsp3) is 0. The van der Waals surface area contributed by atoms with Crippen molar-refractivity contribution in [1.29, 1.82) is 0 Å². The molecule has 0 unspecified atom stereocenters. The molecule has 174 valence electrons. The molecular formula is C26H16F4N4O. The van der Waals surface area contributed by atoms with Crippen molar-refractivity contribution >= 4 is 28.4 Å². The Morgan fingerprint density at radius 1 is 0.743 bits per heavy atom. The van der Waals surface area contributed by atoms with Crippen molar-refractivity contribution in [2.45, 2.75) is 0 Å². The van der Waals surface area contributed by atoms with Crippen LogP contribution in [0.2, 0.25) is 0 Å². The third-order valence-corrected chi connectivity index (χ3v) is 5.34. The van der Waals surface area contributed by atoms with E-state index in [9.17, 15) is 22.4 Å². The molecule has 0 fully saturated rings. The number of imidazole rings is 1. The minimum Gasteiger partial charge on any atom is -0.338 e. The van der Waals surface area contributed by atoms with Crippen LogP contribution in [0.5, 0.6) is 0 Å².